The summed E-state index contributed by atoms with van der Waals surface area (Å²) in [6, 6.07) is 0. The van der Waals surface area contributed by atoms with Gasteiger partial charge in [-0.25, -0.2) is 4.79 Å². The standard InChI is InChI=1S/C46H72O13/c1-27-20-35(56-46(22-27)36(48)12-15-42(7,59-46)24-43(8,52)40(50)51)28(2)10-14-41(6)17-18-45(58-41)16-11-34-39(57-45)37(49)30(4)38(55-34)33(47)21-29(3)32-23-44(26-54-31(32)5)13-9-19-53-25-44/h10,14,22,28-29,31-39,47-49,52H,4,9,11-13,15-21,23-26H2,1-3,5-8H3,(H,50,51)/b14-10+/t28-,29-,31+,32-,33+,34-,35-,36-,37-,38-,39+,41-,42-,43+,44-,45-,46-/m0/s1. The zero-order chi connectivity index (χ0) is 42.8. The normalized spacial score (nSPS) is 46.8. The average molecular weight is 833 g/mol. The molecule has 13 heteroatoms. The maximum absolute atomic E-state index is 11.7. The van der Waals surface area contributed by atoms with Crippen molar-refractivity contribution in [2.24, 2.45) is 23.2 Å². The van der Waals surface area contributed by atoms with E-state index in [4.69, 9.17) is 33.2 Å². The van der Waals surface area contributed by atoms with E-state index in [0.717, 1.165) is 44.7 Å². The van der Waals surface area contributed by atoms with Gasteiger partial charge in [-0.2, -0.15) is 0 Å². The first-order valence-corrected chi connectivity index (χ1v) is 22.3. The molecule has 0 aliphatic carbocycles. The van der Waals surface area contributed by atoms with E-state index in [1.54, 1.807) is 13.0 Å². The van der Waals surface area contributed by atoms with Gasteiger partial charge >= 0.3 is 5.97 Å². The van der Waals surface area contributed by atoms with Gasteiger partial charge < -0.3 is 58.7 Å². The van der Waals surface area contributed by atoms with Crippen molar-refractivity contribution in [2.45, 2.75) is 203 Å². The lowest BCUT2D eigenvalue weighted by molar-refractivity contribution is -0.344. The van der Waals surface area contributed by atoms with E-state index in [1.807, 2.05) is 20.8 Å². The molecule has 17 atom stereocenters. The van der Waals surface area contributed by atoms with E-state index in [9.17, 15) is 30.3 Å². The van der Waals surface area contributed by atoms with Crippen molar-refractivity contribution in [3.8, 4) is 0 Å². The molecule has 0 aromatic carbocycles. The van der Waals surface area contributed by atoms with Gasteiger partial charge in [0.2, 0.25) is 5.79 Å². The molecule has 59 heavy (non-hydrogen) atoms. The van der Waals surface area contributed by atoms with Crippen molar-refractivity contribution in [1.82, 2.24) is 0 Å². The van der Waals surface area contributed by atoms with Crippen LogP contribution in [0.4, 0.5) is 0 Å². The third-order valence-electron chi connectivity index (χ3n) is 15.0. The van der Waals surface area contributed by atoms with E-state index in [-0.39, 0.29) is 41.8 Å². The highest BCUT2D eigenvalue weighted by Gasteiger charge is 2.57. The summed E-state index contributed by atoms with van der Waals surface area (Å²) in [7, 11) is 0. The molecular weight excluding hydrogens is 760 g/mol. The molecule has 0 amide bonds. The number of carboxylic acids is 1. The Kier molecular flexibility index (Phi) is 12.9. The van der Waals surface area contributed by atoms with Gasteiger partial charge in [0.15, 0.2) is 11.4 Å². The van der Waals surface area contributed by atoms with Crippen LogP contribution >= 0.6 is 0 Å². The zero-order valence-corrected chi connectivity index (χ0v) is 36.4. The predicted molar refractivity (Wildman–Crippen MR) is 217 cm³/mol. The summed E-state index contributed by atoms with van der Waals surface area (Å²) >= 11 is 0. The molecule has 0 unspecified atom stereocenters. The Bertz CT molecular complexity index is 1610. The monoisotopic (exact) mass is 832 g/mol. The van der Waals surface area contributed by atoms with E-state index in [0.29, 0.717) is 56.9 Å². The third kappa shape index (κ3) is 9.32. The summed E-state index contributed by atoms with van der Waals surface area (Å²) in [6.45, 7) is 19.8. The number of rotatable bonds is 10. The first-order chi connectivity index (χ1) is 27.6. The van der Waals surface area contributed by atoms with Crippen molar-refractivity contribution in [3.05, 3.63) is 36.0 Å². The molecule has 3 spiro atoms. The van der Waals surface area contributed by atoms with E-state index >= 15 is 0 Å². The molecule has 7 aliphatic heterocycles. The predicted octanol–water partition coefficient (Wildman–Crippen LogP) is 5.50. The third-order valence-corrected chi connectivity index (χ3v) is 15.0. The van der Waals surface area contributed by atoms with Crippen LogP contribution in [0.2, 0.25) is 0 Å². The SMILES string of the molecule is C=C1[C@H](O)[C@@H]2O[C@]3(CC[C@@H]2O[C@@H]1[C@H](O)C[C@H](C)[C@@H]1C[C@]2(CCCOC2)CO[C@@H]1C)CC[C@](C)(/C=C/[C@H](C)[C@@H]1CC(C)=C[C@]2(O1)O[C@](C)(C[C@@](C)(O)C(=O)O)CC[C@@H]2O)O3. The summed E-state index contributed by atoms with van der Waals surface area (Å²) < 4.78 is 45.2. The number of aliphatic hydroxyl groups is 4. The van der Waals surface area contributed by atoms with Crippen LogP contribution < -0.4 is 0 Å². The van der Waals surface area contributed by atoms with Gasteiger partial charge in [0, 0.05) is 37.2 Å². The quantitative estimate of drug-likeness (QED) is 0.174. The molecule has 5 N–H and O–H groups in total. The van der Waals surface area contributed by atoms with Crippen molar-refractivity contribution < 1.29 is 63.5 Å². The highest BCUT2D eigenvalue weighted by atomic mass is 16.7. The Hall–Kier alpha value is -1.75. The van der Waals surface area contributed by atoms with Gasteiger partial charge in [0.25, 0.3) is 0 Å². The molecule has 7 rings (SSSR count). The minimum Gasteiger partial charge on any atom is -0.479 e. The molecule has 0 bridgehead atoms. The number of carbonyl (C=O) groups is 1. The van der Waals surface area contributed by atoms with Crippen LogP contribution in [-0.2, 0) is 38.0 Å². The number of aliphatic hydroxyl groups excluding tert-OH is 3. The highest BCUT2D eigenvalue weighted by Crippen LogP contribution is 2.51. The minimum absolute atomic E-state index is 0.0463. The van der Waals surface area contributed by atoms with Crippen LogP contribution in [0.3, 0.4) is 0 Å². The Morgan fingerprint density at radius 1 is 1.07 bits per heavy atom. The van der Waals surface area contributed by atoms with Crippen LogP contribution in [0.25, 0.3) is 0 Å². The molecule has 6 fully saturated rings. The van der Waals surface area contributed by atoms with Gasteiger partial charge in [-0.15, -0.1) is 0 Å². The fraction of sp³-hybridized carbons (Fsp3) is 0.848. The Morgan fingerprint density at radius 2 is 1.83 bits per heavy atom. The van der Waals surface area contributed by atoms with Crippen LogP contribution in [-0.4, -0.2) is 129 Å². The van der Waals surface area contributed by atoms with Crippen molar-refractivity contribution >= 4 is 5.97 Å². The number of ether oxygens (including phenoxy) is 7. The molecule has 6 saturated heterocycles. The molecule has 0 radical (unpaired) electrons. The van der Waals surface area contributed by atoms with Crippen LogP contribution in [0.15, 0.2) is 36.0 Å². The second kappa shape index (κ2) is 16.7. The molecule has 0 saturated carbocycles. The smallest absolute Gasteiger partial charge is 0.335 e. The molecule has 334 valence electrons. The van der Waals surface area contributed by atoms with Crippen molar-refractivity contribution in [1.29, 1.82) is 0 Å². The van der Waals surface area contributed by atoms with Crippen LogP contribution in [0.1, 0.15) is 126 Å². The van der Waals surface area contributed by atoms with E-state index in [2.05, 4.69) is 32.6 Å². The van der Waals surface area contributed by atoms with Crippen molar-refractivity contribution in [3.63, 3.8) is 0 Å². The van der Waals surface area contributed by atoms with Gasteiger partial charge in [0.1, 0.15) is 24.4 Å². The Morgan fingerprint density at radius 3 is 2.54 bits per heavy atom. The lowest BCUT2D eigenvalue weighted by Gasteiger charge is -2.52. The number of hydrogen-bond donors (Lipinski definition) is 5. The van der Waals surface area contributed by atoms with Gasteiger partial charge in [-0.05, 0) is 116 Å². The van der Waals surface area contributed by atoms with Crippen LogP contribution in [0, 0.1) is 23.2 Å². The fourth-order valence-electron chi connectivity index (χ4n) is 11.5. The topological polar surface area (TPSA) is 183 Å². The maximum Gasteiger partial charge on any atom is 0.335 e. The molecular formula is C46H72O13. The molecule has 7 aliphatic rings. The zero-order valence-electron chi connectivity index (χ0n) is 36.4. The Balaban J connectivity index is 0.948. The molecule has 13 nitrogen and oxygen atoms in total. The highest BCUT2D eigenvalue weighted by molar-refractivity contribution is 5.76. The summed E-state index contributed by atoms with van der Waals surface area (Å²) in [6.07, 6.45) is 8.36. The maximum atomic E-state index is 11.7. The largest absolute Gasteiger partial charge is 0.479 e. The first-order valence-electron chi connectivity index (χ1n) is 22.3. The van der Waals surface area contributed by atoms with Gasteiger partial charge in [-0.3, -0.25) is 0 Å². The van der Waals surface area contributed by atoms with Crippen molar-refractivity contribution in [2.75, 3.05) is 19.8 Å². The van der Waals surface area contributed by atoms with Gasteiger partial charge in [-0.1, -0.05) is 38.2 Å². The number of aliphatic carboxylic acids is 1. The summed E-state index contributed by atoms with van der Waals surface area (Å²) in [5, 5.41) is 54.6. The lowest BCUT2D eigenvalue weighted by Crippen LogP contribution is -2.60. The number of fused-ring (bicyclic) bond motifs is 1. The summed E-state index contributed by atoms with van der Waals surface area (Å²) in [5.74, 6) is -3.39. The van der Waals surface area contributed by atoms with E-state index in [1.165, 1.54) is 6.92 Å². The first kappa shape index (κ1) is 45.3. The van der Waals surface area contributed by atoms with Crippen LogP contribution in [0.5, 0.6) is 0 Å². The second-order valence-corrected chi connectivity index (χ2v) is 20.5. The molecule has 0 aromatic heterocycles. The molecule has 0 aromatic rings. The summed E-state index contributed by atoms with van der Waals surface area (Å²) in [5.41, 5.74) is -2.25. The number of hydrogen-bond acceptors (Lipinski definition) is 12. The minimum atomic E-state index is -2.00. The fourth-order valence-corrected chi connectivity index (χ4v) is 11.5. The lowest BCUT2D eigenvalue weighted by atomic mass is 9.68. The number of carboxylic acid groups (broad SMARTS) is 1. The Labute approximate surface area is 350 Å². The second-order valence-electron chi connectivity index (χ2n) is 20.5. The van der Waals surface area contributed by atoms with E-state index < -0.39 is 71.0 Å². The summed E-state index contributed by atoms with van der Waals surface area (Å²) in [4.78, 5) is 11.7. The molecule has 7 heterocycles. The average Bonchev–Trinajstić information content (AvgIpc) is 3.50. The van der Waals surface area contributed by atoms with Gasteiger partial charge in [0.05, 0.1) is 48.8 Å².